The Labute approximate surface area is 79.2 Å². The molecule has 13 heavy (non-hydrogen) atoms. The number of hydrogen-bond donors (Lipinski definition) is 0. The molecule has 1 unspecified atom stereocenters. The van der Waals surface area contributed by atoms with Gasteiger partial charge in [0.05, 0.1) is 16.6 Å². The maximum atomic E-state index is 10.6. The van der Waals surface area contributed by atoms with Crippen molar-refractivity contribution in [1.82, 2.24) is 0 Å². The quantitative estimate of drug-likeness (QED) is 0.418. The smallest absolute Gasteiger partial charge is 0.275 e. The van der Waals surface area contributed by atoms with E-state index in [9.17, 15) is 10.1 Å². The normalized spacial score (nSPS) is 12.5. The topological polar surface area (TPSA) is 52.4 Å². The average molecular weight is 194 g/mol. The van der Waals surface area contributed by atoms with Crippen LogP contribution in [0.3, 0.4) is 0 Å². The van der Waals surface area contributed by atoms with Crippen LogP contribution in [0.5, 0.6) is 0 Å². The Kier molecular flexibility index (Phi) is 3.16. The van der Waals surface area contributed by atoms with Crippen molar-refractivity contribution < 1.29 is 9.35 Å². The van der Waals surface area contributed by atoms with Crippen LogP contribution in [-0.4, -0.2) is 15.4 Å². The number of nitro benzene ring substituents is 1. The highest BCUT2D eigenvalue weighted by Crippen LogP contribution is 2.25. The maximum absolute atomic E-state index is 10.6. The van der Waals surface area contributed by atoms with Crippen LogP contribution in [0, 0.1) is 10.1 Å². The zero-order valence-corrected chi connectivity index (χ0v) is 8.06. The zero-order valence-electron chi connectivity index (χ0n) is 7.06. The molecule has 0 heterocycles. The molecule has 0 saturated heterocycles. The summed E-state index contributed by atoms with van der Waals surface area (Å²) in [6.45, 7) is 1.73. The summed E-state index contributed by atoms with van der Waals surface area (Å²) in [5.41, 5.74) is 0.635. The zero-order chi connectivity index (χ0) is 9.84. The van der Waals surface area contributed by atoms with Crippen molar-refractivity contribution in [2.24, 2.45) is 0 Å². The van der Waals surface area contributed by atoms with Gasteiger partial charge >= 0.3 is 0 Å². The summed E-state index contributed by atoms with van der Waals surface area (Å²) in [6.07, 6.45) is -0.335. The SMILES string of the molecule is CC(O[Si])c1ccccc1[N+](=O)[O-]. The van der Waals surface area contributed by atoms with E-state index in [1.807, 2.05) is 0 Å². The molecule has 1 aromatic carbocycles. The number of benzene rings is 1. The van der Waals surface area contributed by atoms with Crippen LogP contribution < -0.4 is 0 Å². The van der Waals surface area contributed by atoms with Crippen molar-refractivity contribution >= 4 is 16.2 Å². The Morgan fingerprint density at radius 2 is 2.15 bits per heavy atom. The summed E-state index contributed by atoms with van der Waals surface area (Å²) < 4.78 is 4.83. The molecule has 0 aromatic heterocycles. The van der Waals surface area contributed by atoms with Gasteiger partial charge in [0.25, 0.3) is 5.69 Å². The first-order valence-corrected chi connectivity index (χ1v) is 4.13. The van der Waals surface area contributed by atoms with Crippen LogP contribution in [-0.2, 0) is 4.43 Å². The Bertz CT molecular complexity index is 316. The second-order valence-corrected chi connectivity index (χ2v) is 2.81. The van der Waals surface area contributed by atoms with Crippen LogP contribution in [0.4, 0.5) is 5.69 Å². The van der Waals surface area contributed by atoms with Gasteiger partial charge in [-0.15, -0.1) is 0 Å². The van der Waals surface area contributed by atoms with Crippen molar-refractivity contribution in [3.05, 3.63) is 39.9 Å². The number of para-hydroxylation sites is 1. The molecule has 0 N–H and O–H groups in total. The van der Waals surface area contributed by atoms with E-state index in [4.69, 9.17) is 4.43 Å². The van der Waals surface area contributed by atoms with Gasteiger partial charge in [-0.3, -0.25) is 10.1 Å². The summed E-state index contributed by atoms with van der Waals surface area (Å²) in [7, 11) is 2.86. The van der Waals surface area contributed by atoms with E-state index in [-0.39, 0.29) is 11.8 Å². The van der Waals surface area contributed by atoms with Crippen molar-refractivity contribution in [3.63, 3.8) is 0 Å². The van der Waals surface area contributed by atoms with Crippen LogP contribution in [0.1, 0.15) is 18.6 Å². The minimum Gasteiger partial charge on any atom is -0.412 e. The minimum atomic E-state index is -0.420. The number of hydrogen-bond acceptors (Lipinski definition) is 3. The van der Waals surface area contributed by atoms with Gasteiger partial charge in [0.2, 0.25) is 10.5 Å². The third-order valence-electron chi connectivity index (χ3n) is 1.75. The van der Waals surface area contributed by atoms with E-state index < -0.39 is 4.92 Å². The maximum Gasteiger partial charge on any atom is 0.275 e. The summed E-state index contributed by atoms with van der Waals surface area (Å²) in [5, 5.41) is 10.6. The van der Waals surface area contributed by atoms with Gasteiger partial charge in [-0.1, -0.05) is 12.1 Å². The molecular formula is C8H8NO3Si. The summed E-state index contributed by atoms with van der Waals surface area (Å²) in [4.78, 5) is 10.2. The third-order valence-corrected chi connectivity index (χ3v) is 2.10. The molecule has 0 aliphatic heterocycles. The van der Waals surface area contributed by atoms with Crippen molar-refractivity contribution in [1.29, 1.82) is 0 Å². The molecule has 0 amide bonds. The van der Waals surface area contributed by atoms with Gasteiger partial charge in [-0.05, 0) is 13.0 Å². The number of rotatable bonds is 3. The fourth-order valence-electron chi connectivity index (χ4n) is 1.06. The predicted molar refractivity (Wildman–Crippen MR) is 48.4 cm³/mol. The number of nitrogens with zero attached hydrogens (tertiary/aromatic N) is 1. The molecule has 0 saturated carbocycles. The van der Waals surface area contributed by atoms with Gasteiger partial charge in [-0.2, -0.15) is 0 Å². The molecule has 0 aliphatic carbocycles. The molecule has 0 bridgehead atoms. The van der Waals surface area contributed by atoms with E-state index >= 15 is 0 Å². The first-order valence-electron chi connectivity index (χ1n) is 3.72. The van der Waals surface area contributed by atoms with Crippen molar-refractivity contribution in [3.8, 4) is 0 Å². The second-order valence-electron chi connectivity index (χ2n) is 2.58. The highest BCUT2D eigenvalue weighted by molar-refractivity contribution is 5.98. The average Bonchev–Trinajstić information content (AvgIpc) is 2.16. The molecule has 1 rings (SSSR count). The molecule has 1 aromatic rings. The summed E-state index contributed by atoms with van der Waals surface area (Å²) in [5.74, 6) is 0. The second kappa shape index (κ2) is 4.15. The van der Waals surface area contributed by atoms with Crippen LogP contribution in [0.25, 0.3) is 0 Å². The fourth-order valence-corrected chi connectivity index (χ4v) is 1.19. The first kappa shape index (κ1) is 9.88. The largest absolute Gasteiger partial charge is 0.412 e. The van der Waals surface area contributed by atoms with Gasteiger partial charge in [0.15, 0.2) is 0 Å². The summed E-state index contributed by atoms with van der Waals surface area (Å²) in [6, 6.07) is 6.49. The lowest BCUT2D eigenvalue weighted by Gasteiger charge is -2.09. The minimum absolute atomic E-state index is 0.0771. The monoisotopic (exact) mass is 194 g/mol. The molecular weight excluding hydrogens is 186 g/mol. The van der Waals surface area contributed by atoms with E-state index in [1.165, 1.54) is 6.07 Å². The van der Waals surface area contributed by atoms with E-state index in [0.717, 1.165) is 0 Å². The van der Waals surface area contributed by atoms with E-state index in [1.54, 1.807) is 25.1 Å². The first-order chi connectivity index (χ1) is 6.16. The predicted octanol–water partition coefficient (Wildman–Crippen LogP) is 1.76. The van der Waals surface area contributed by atoms with Gasteiger partial charge < -0.3 is 4.43 Å². The van der Waals surface area contributed by atoms with Gasteiger partial charge in [-0.25, -0.2) is 0 Å². The van der Waals surface area contributed by atoms with Crippen LogP contribution in [0.2, 0.25) is 0 Å². The molecule has 0 aliphatic rings. The molecule has 0 spiro atoms. The lowest BCUT2D eigenvalue weighted by Crippen LogP contribution is -2.01. The summed E-state index contributed by atoms with van der Waals surface area (Å²) >= 11 is 0. The Balaban J connectivity index is 3.11. The molecule has 67 valence electrons. The van der Waals surface area contributed by atoms with Crippen molar-refractivity contribution in [2.45, 2.75) is 13.0 Å². The highest BCUT2D eigenvalue weighted by Gasteiger charge is 2.16. The van der Waals surface area contributed by atoms with Crippen LogP contribution >= 0.6 is 0 Å². The van der Waals surface area contributed by atoms with Gasteiger partial charge in [0.1, 0.15) is 0 Å². The Hall–Kier alpha value is -1.20. The number of nitro groups is 1. The highest BCUT2D eigenvalue weighted by atomic mass is 28.2. The fraction of sp³-hybridized carbons (Fsp3) is 0.250. The third kappa shape index (κ3) is 2.13. The van der Waals surface area contributed by atoms with Gasteiger partial charge in [0, 0.05) is 6.07 Å². The molecule has 5 heteroatoms. The molecule has 1 atom stereocenters. The lowest BCUT2D eigenvalue weighted by molar-refractivity contribution is -0.386. The Morgan fingerprint density at radius 1 is 1.54 bits per heavy atom. The lowest BCUT2D eigenvalue weighted by atomic mass is 10.1. The Morgan fingerprint density at radius 3 is 2.69 bits per heavy atom. The van der Waals surface area contributed by atoms with Crippen LogP contribution in [0.15, 0.2) is 24.3 Å². The standard InChI is InChI=1S/C8H8NO3Si/c1-6(12-13)7-4-2-3-5-8(7)9(10)11/h2-6H,1H3. The molecule has 0 fully saturated rings. The molecule has 3 radical (unpaired) electrons. The van der Waals surface area contributed by atoms with E-state index in [0.29, 0.717) is 5.56 Å². The van der Waals surface area contributed by atoms with E-state index in [2.05, 4.69) is 10.5 Å². The molecule has 4 nitrogen and oxygen atoms in total. The van der Waals surface area contributed by atoms with Crippen molar-refractivity contribution in [2.75, 3.05) is 0 Å².